The summed E-state index contributed by atoms with van der Waals surface area (Å²) in [5, 5.41) is 12.3. The Balaban J connectivity index is 0.929. The molecule has 5 aromatic rings. The van der Waals surface area contributed by atoms with Crippen molar-refractivity contribution in [2.75, 3.05) is 26.2 Å². The van der Waals surface area contributed by atoms with Crippen LogP contribution < -0.4 is 11.0 Å². The Hall–Kier alpha value is -5.28. The molecule has 3 N–H and O–H groups in total. The van der Waals surface area contributed by atoms with E-state index in [0.717, 1.165) is 70.3 Å². The van der Waals surface area contributed by atoms with Crippen LogP contribution >= 0.6 is 0 Å². The van der Waals surface area contributed by atoms with Crippen molar-refractivity contribution in [3.63, 3.8) is 0 Å². The maximum Gasteiger partial charge on any atom is 0.471 e. The summed E-state index contributed by atoms with van der Waals surface area (Å²) in [4.78, 5) is 43.6. The summed E-state index contributed by atoms with van der Waals surface area (Å²) in [7, 11) is 0. The number of nitrogens with one attached hydrogen (secondary N) is 2. The number of aliphatic hydroxyl groups is 1. The maximum absolute atomic E-state index is 13.1. The number of halogens is 3. The summed E-state index contributed by atoms with van der Waals surface area (Å²) in [6.45, 7) is 2.31. The van der Waals surface area contributed by atoms with Crippen molar-refractivity contribution in [2.24, 2.45) is 0 Å². The number of imidazole rings is 1. The number of ether oxygens (including phenoxy) is 2. The van der Waals surface area contributed by atoms with Gasteiger partial charge in [0.2, 0.25) is 5.91 Å². The molecule has 4 aromatic carbocycles. The Labute approximate surface area is 333 Å². The summed E-state index contributed by atoms with van der Waals surface area (Å²) in [5.74, 6) is -2.59. The first-order chi connectivity index (χ1) is 28.0. The Morgan fingerprint density at radius 3 is 2.31 bits per heavy atom. The molecular weight excluding hydrogens is 752 g/mol. The Bertz CT molecular complexity index is 2280. The van der Waals surface area contributed by atoms with Crippen LogP contribution in [0.2, 0.25) is 0 Å². The molecule has 0 spiro atoms. The van der Waals surface area contributed by atoms with Gasteiger partial charge < -0.3 is 34.7 Å². The van der Waals surface area contributed by atoms with E-state index in [9.17, 15) is 32.7 Å². The number of carbonyl (C=O) groups excluding carboxylic acids is 2. The highest BCUT2D eigenvalue weighted by atomic mass is 19.4. The van der Waals surface area contributed by atoms with Crippen LogP contribution in [-0.4, -0.2) is 80.8 Å². The van der Waals surface area contributed by atoms with Crippen LogP contribution in [0.3, 0.4) is 0 Å². The first-order valence-electron chi connectivity index (χ1n) is 19.8. The largest absolute Gasteiger partial charge is 0.471 e. The standard InChI is InChI=1S/C44H46F3N5O6/c45-44(46,47)42(55)51-20-4-9-38(51)40(54)48-25-29-5-3-6-33(23-29)30-14-16-32(17-15-30)41-57-35(24-39(58-41)31-12-10-28(27-53)11-13-31)26-50-21-18-34(19-22-50)52-37-8-2-1-7-36(37)49-43(52)56/h1-3,5-8,10-17,23,34-35,38-39,41,53H,4,9,18-22,24-27H2,(H,48,54)(H,49,56)/t35-,38-,39+,41+/m0/s1. The molecule has 4 heterocycles. The zero-order chi connectivity index (χ0) is 40.4. The van der Waals surface area contributed by atoms with Gasteiger partial charge in [0, 0.05) is 50.7 Å². The second kappa shape index (κ2) is 16.9. The zero-order valence-corrected chi connectivity index (χ0v) is 31.9. The minimum absolute atomic E-state index is 0.0442. The molecule has 11 nitrogen and oxygen atoms in total. The molecule has 14 heteroatoms. The molecule has 0 radical (unpaired) electrons. The lowest BCUT2D eigenvalue weighted by Crippen LogP contribution is -2.50. The van der Waals surface area contributed by atoms with Crippen LogP contribution in [0.25, 0.3) is 22.2 Å². The molecule has 58 heavy (non-hydrogen) atoms. The summed E-state index contributed by atoms with van der Waals surface area (Å²) in [6.07, 6.45) is -3.20. The summed E-state index contributed by atoms with van der Waals surface area (Å²) >= 11 is 0. The zero-order valence-electron chi connectivity index (χ0n) is 31.9. The number of alkyl halides is 3. The predicted molar refractivity (Wildman–Crippen MR) is 210 cm³/mol. The Morgan fingerprint density at radius 2 is 1.57 bits per heavy atom. The van der Waals surface area contributed by atoms with E-state index in [0.29, 0.717) is 24.3 Å². The molecule has 3 saturated heterocycles. The van der Waals surface area contributed by atoms with Crippen LogP contribution in [0.5, 0.6) is 0 Å². The van der Waals surface area contributed by atoms with Crippen LogP contribution in [0.1, 0.15) is 72.8 Å². The Kier molecular flexibility index (Phi) is 11.5. The number of hydrogen-bond donors (Lipinski definition) is 3. The van der Waals surface area contributed by atoms with Gasteiger partial charge in [-0.1, -0.05) is 78.9 Å². The highest BCUT2D eigenvalue weighted by Crippen LogP contribution is 2.39. The molecule has 0 saturated carbocycles. The van der Waals surface area contributed by atoms with Gasteiger partial charge in [-0.3, -0.25) is 14.2 Å². The van der Waals surface area contributed by atoms with Crippen LogP contribution in [0.4, 0.5) is 13.2 Å². The Morgan fingerprint density at radius 1 is 0.828 bits per heavy atom. The highest BCUT2D eigenvalue weighted by molar-refractivity contribution is 5.90. The molecule has 8 rings (SSSR count). The lowest BCUT2D eigenvalue weighted by atomic mass is 9.98. The number of aliphatic hydroxyl groups excluding tert-OH is 1. The number of hydrogen-bond acceptors (Lipinski definition) is 7. The molecule has 0 unspecified atom stereocenters. The van der Waals surface area contributed by atoms with E-state index in [1.54, 1.807) is 0 Å². The number of rotatable bonds is 10. The lowest BCUT2D eigenvalue weighted by Gasteiger charge is -2.40. The van der Waals surface area contributed by atoms with Gasteiger partial charge in [0.25, 0.3) is 0 Å². The van der Waals surface area contributed by atoms with Gasteiger partial charge in [0.1, 0.15) is 6.04 Å². The van der Waals surface area contributed by atoms with Crippen molar-refractivity contribution in [3.05, 3.63) is 130 Å². The average Bonchev–Trinajstić information content (AvgIpc) is 3.87. The van der Waals surface area contributed by atoms with Gasteiger partial charge in [-0.2, -0.15) is 13.2 Å². The third-order valence-corrected chi connectivity index (χ3v) is 11.6. The van der Waals surface area contributed by atoms with Crippen molar-refractivity contribution in [2.45, 2.75) is 82.0 Å². The number of benzene rings is 4. The SMILES string of the molecule is O=C(NCc1cccc(-c2ccc([C@@H]3O[C@H](CN4CCC(n5c(=O)[nH]c6ccccc65)CC4)C[C@H](c4ccc(CO)cc4)O3)cc2)c1)[C@@H]1CCCN1C(=O)C(F)(F)F. The molecule has 3 aliphatic rings. The molecule has 304 valence electrons. The van der Waals surface area contributed by atoms with Crippen molar-refractivity contribution in [3.8, 4) is 11.1 Å². The maximum atomic E-state index is 13.1. The minimum Gasteiger partial charge on any atom is -0.392 e. The first kappa shape index (κ1) is 39.5. The van der Waals surface area contributed by atoms with Crippen molar-refractivity contribution >= 4 is 22.8 Å². The van der Waals surface area contributed by atoms with Gasteiger partial charge in [-0.15, -0.1) is 0 Å². The number of likely N-dealkylation sites (tertiary alicyclic amines) is 2. The number of piperidine rings is 1. The fraction of sp³-hybridized carbons (Fsp3) is 0.386. The fourth-order valence-corrected chi connectivity index (χ4v) is 8.56. The number of para-hydroxylation sites is 2. The van der Waals surface area contributed by atoms with E-state index in [1.807, 2.05) is 102 Å². The number of nitrogens with zero attached hydrogens (tertiary/aromatic N) is 3. The van der Waals surface area contributed by atoms with Crippen LogP contribution in [0, 0.1) is 0 Å². The van der Waals surface area contributed by atoms with Gasteiger partial charge in [0.15, 0.2) is 6.29 Å². The third-order valence-electron chi connectivity index (χ3n) is 11.6. The van der Waals surface area contributed by atoms with Crippen molar-refractivity contribution in [1.82, 2.24) is 24.7 Å². The summed E-state index contributed by atoms with van der Waals surface area (Å²) in [6, 6.07) is 30.0. The number of aromatic nitrogens is 2. The lowest BCUT2D eigenvalue weighted by molar-refractivity contribution is -0.253. The number of amides is 2. The smallest absolute Gasteiger partial charge is 0.392 e. The molecule has 2 amide bonds. The predicted octanol–water partition coefficient (Wildman–Crippen LogP) is 6.54. The van der Waals surface area contributed by atoms with E-state index in [1.165, 1.54) is 0 Å². The molecule has 3 aliphatic heterocycles. The van der Waals surface area contributed by atoms with Crippen molar-refractivity contribution in [1.29, 1.82) is 0 Å². The number of H-pyrrole nitrogens is 1. The minimum atomic E-state index is -5.03. The third kappa shape index (κ3) is 8.60. The van der Waals surface area contributed by atoms with E-state index in [-0.39, 0.29) is 50.1 Å². The number of fused-ring (bicyclic) bond motifs is 1. The molecule has 0 aliphatic carbocycles. The average molecular weight is 798 g/mol. The second-order valence-electron chi connectivity index (χ2n) is 15.4. The van der Waals surface area contributed by atoms with E-state index >= 15 is 0 Å². The number of carbonyl (C=O) groups is 2. The molecular formula is C44H46F3N5O6. The van der Waals surface area contributed by atoms with Crippen molar-refractivity contribution < 1.29 is 37.3 Å². The van der Waals surface area contributed by atoms with Gasteiger partial charge >= 0.3 is 17.8 Å². The van der Waals surface area contributed by atoms with Gasteiger partial charge in [0.05, 0.1) is 29.8 Å². The van der Waals surface area contributed by atoms with Gasteiger partial charge in [-0.05, 0) is 71.7 Å². The molecule has 1 aromatic heterocycles. The molecule has 4 atom stereocenters. The van der Waals surface area contributed by atoms with Crippen LogP contribution in [0.15, 0.2) is 102 Å². The topological polar surface area (TPSA) is 129 Å². The van der Waals surface area contributed by atoms with Crippen LogP contribution in [-0.2, 0) is 32.2 Å². The highest BCUT2D eigenvalue weighted by Gasteiger charge is 2.47. The summed E-state index contributed by atoms with van der Waals surface area (Å²) < 4.78 is 54.4. The van der Waals surface area contributed by atoms with E-state index < -0.39 is 30.3 Å². The van der Waals surface area contributed by atoms with E-state index in [4.69, 9.17) is 9.47 Å². The fourth-order valence-electron chi connectivity index (χ4n) is 8.56. The number of aromatic amines is 1. The quantitative estimate of drug-likeness (QED) is 0.147. The normalized spacial score (nSPS) is 22.0. The molecule has 0 bridgehead atoms. The van der Waals surface area contributed by atoms with Gasteiger partial charge in [-0.25, -0.2) is 4.79 Å². The van der Waals surface area contributed by atoms with E-state index in [2.05, 4.69) is 15.2 Å². The monoisotopic (exact) mass is 797 g/mol. The summed E-state index contributed by atoms with van der Waals surface area (Å²) in [5.41, 5.74) is 6.93. The molecule has 3 fully saturated rings. The second-order valence-corrected chi connectivity index (χ2v) is 15.4. The first-order valence-corrected chi connectivity index (χ1v) is 19.8.